The number of nitrogens with one attached hydrogen (secondary N) is 1. The van der Waals surface area contributed by atoms with Gasteiger partial charge in [-0.1, -0.05) is 6.07 Å². The molecular formula is C19H26N2O6S. The Hall–Kier alpha value is -2.42. The minimum atomic E-state index is -3.11. The Labute approximate surface area is 165 Å². The average molecular weight is 410 g/mol. The molecule has 2 rings (SSSR count). The Kier molecular flexibility index (Phi) is 7.17. The molecule has 1 aromatic rings. The molecule has 28 heavy (non-hydrogen) atoms. The van der Waals surface area contributed by atoms with Crippen molar-refractivity contribution in [3.8, 4) is 0 Å². The van der Waals surface area contributed by atoms with Crippen molar-refractivity contribution in [1.29, 1.82) is 0 Å². The van der Waals surface area contributed by atoms with Crippen LogP contribution in [-0.4, -0.2) is 68.3 Å². The number of sulfone groups is 1. The van der Waals surface area contributed by atoms with Crippen LogP contribution in [-0.2, 0) is 24.2 Å². The van der Waals surface area contributed by atoms with E-state index in [0.717, 1.165) is 11.1 Å². The lowest BCUT2D eigenvalue weighted by Crippen LogP contribution is -2.43. The first-order valence-electron chi connectivity index (χ1n) is 9.14. The van der Waals surface area contributed by atoms with Crippen molar-refractivity contribution in [2.24, 2.45) is 0 Å². The molecule has 1 aromatic carbocycles. The van der Waals surface area contributed by atoms with Gasteiger partial charge in [0.25, 0.3) is 11.8 Å². The predicted molar refractivity (Wildman–Crippen MR) is 104 cm³/mol. The molecular weight excluding hydrogens is 384 g/mol. The van der Waals surface area contributed by atoms with E-state index >= 15 is 0 Å². The molecule has 1 atom stereocenters. The van der Waals surface area contributed by atoms with E-state index in [4.69, 9.17) is 4.74 Å². The van der Waals surface area contributed by atoms with Crippen LogP contribution in [0.15, 0.2) is 18.2 Å². The highest BCUT2D eigenvalue weighted by Crippen LogP contribution is 2.17. The molecule has 1 aliphatic heterocycles. The van der Waals surface area contributed by atoms with E-state index < -0.39 is 34.2 Å². The van der Waals surface area contributed by atoms with Gasteiger partial charge in [-0.15, -0.1) is 0 Å². The van der Waals surface area contributed by atoms with E-state index in [0.29, 0.717) is 18.5 Å². The number of hydrogen-bond acceptors (Lipinski definition) is 6. The zero-order chi connectivity index (χ0) is 20.9. The summed E-state index contributed by atoms with van der Waals surface area (Å²) in [5, 5.41) is 2.46. The number of hydrogen-bond donors (Lipinski definition) is 1. The topological polar surface area (TPSA) is 110 Å². The van der Waals surface area contributed by atoms with Crippen LogP contribution in [0, 0.1) is 13.8 Å². The smallest absolute Gasteiger partial charge is 0.325 e. The number of amides is 2. The normalized spacial score (nSPS) is 17.8. The van der Waals surface area contributed by atoms with E-state index in [2.05, 4.69) is 5.32 Å². The lowest BCUT2D eigenvalue weighted by Gasteiger charge is -2.26. The second-order valence-electron chi connectivity index (χ2n) is 6.88. The van der Waals surface area contributed by atoms with Crippen molar-refractivity contribution < 1.29 is 27.5 Å². The average Bonchev–Trinajstić information content (AvgIpc) is 3.00. The number of rotatable bonds is 7. The van der Waals surface area contributed by atoms with Gasteiger partial charge in [-0.25, -0.2) is 8.42 Å². The number of nitrogens with zero attached hydrogens (tertiary/aromatic N) is 1. The van der Waals surface area contributed by atoms with Gasteiger partial charge in [-0.05, 0) is 50.5 Å². The number of esters is 1. The second-order valence-corrected chi connectivity index (χ2v) is 9.11. The number of aryl methyl sites for hydroxylation is 2. The molecule has 1 fully saturated rings. The zero-order valence-electron chi connectivity index (χ0n) is 16.4. The molecule has 0 saturated carbocycles. The van der Waals surface area contributed by atoms with Crippen molar-refractivity contribution in [2.45, 2.75) is 33.2 Å². The Bertz CT molecular complexity index is 865. The summed E-state index contributed by atoms with van der Waals surface area (Å²) >= 11 is 0. The number of ether oxygens (including phenoxy) is 1. The third-order valence-corrected chi connectivity index (χ3v) is 6.58. The zero-order valence-corrected chi connectivity index (χ0v) is 17.2. The van der Waals surface area contributed by atoms with Crippen LogP contribution >= 0.6 is 0 Å². The third-order valence-electron chi connectivity index (χ3n) is 4.83. The lowest BCUT2D eigenvalue weighted by atomic mass is 10.1. The summed E-state index contributed by atoms with van der Waals surface area (Å²) in [6.07, 6.45) is 0.391. The van der Waals surface area contributed by atoms with Gasteiger partial charge in [0.05, 0.1) is 11.5 Å². The van der Waals surface area contributed by atoms with Gasteiger partial charge < -0.3 is 15.0 Å². The van der Waals surface area contributed by atoms with E-state index in [1.807, 2.05) is 19.9 Å². The molecule has 9 heteroatoms. The summed E-state index contributed by atoms with van der Waals surface area (Å²) in [4.78, 5) is 37.6. The second kappa shape index (κ2) is 9.18. The first kappa shape index (κ1) is 21.9. The fourth-order valence-corrected chi connectivity index (χ4v) is 4.80. The maximum atomic E-state index is 12.3. The quantitative estimate of drug-likeness (QED) is 0.660. The minimum absolute atomic E-state index is 0.0613. The molecule has 0 aromatic heterocycles. The summed E-state index contributed by atoms with van der Waals surface area (Å²) in [5.74, 6) is -1.59. The van der Waals surface area contributed by atoms with Gasteiger partial charge in [0.15, 0.2) is 16.4 Å². The van der Waals surface area contributed by atoms with Gasteiger partial charge in [0.2, 0.25) is 0 Å². The molecule has 1 N–H and O–H groups in total. The number of carbonyl (C=O) groups excluding carboxylic acids is 3. The molecule has 1 saturated heterocycles. The van der Waals surface area contributed by atoms with Crippen molar-refractivity contribution in [3.63, 3.8) is 0 Å². The van der Waals surface area contributed by atoms with Crippen molar-refractivity contribution in [2.75, 3.05) is 31.2 Å². The summed E-state index contributed by atoms with van der Waals surface area (Å²) in [5.41, 5.74) is 2.46. The minimum Gasteiger partial charge on any atom is -0.454 e. The Balaban J connectivity index is 1.80. The summed E-state index contributed by atoms with van der Waals surface area (Å²) < 4.78 is 28.1. The van der Waals surface area contributed by atoms with Crippen LogP contribution in [0.25, 0.3) is 0 Å². The molecule has 0 unspecified atom stereocenters. The molecule has 0 radical (unpaired) electrons. The largest absolute Gasteiger partial charge is 0.454 e. The Morgan fingerprint density at radius 3 is 2.50 bits per heavy atom. The molecule has 0 bridgehead atoms. The molecule has 0 spiro atoms. The Morgan fingerprint density at radius 2 is 1.93 bits per heavy atom. The number of benzene rings is 1. The third kappa shape index (κ3) is 5.79. The maximum Gasteiger partial charge on any atom is 0.325 e. The lowest BCUT2D eigenvalue weighted by molar-refractivity contribution is -0.151. The van der Waals surface area contributed by atoms with Gasteiger partial charge in [0.1, 0.15) is 6.54 Å². The monoisotopic (exact) mass is 410 g/mol. The number of likely N-dealkylation sites (N-methyl/N-ethyl adjacent to an activating group) is 1. The fourth-order valence-electron chi connectivity index (χ4n) is 3.07. The van der Waals surface area contributed by atoms with Crippen LogP contribution in [0.5, 0.6) is 0 Å². The highest BCUT2D eigenvalue weighted by Gasteiger charge is 2.34. The first-order valence-corrected chi connectivity index (χ1v) is 11.0. The van der Waals surface area contributed by atoms with Crippen molar-refractivity contribution >= 4 is 27.6 Å². The van der Waals surface area contributed by atoms with E-state index in [1.165, 1.54) is 4.90 Å². The van der Waals surface area contributed by atoms with Crippen LogP contribution in [0.4, 0.5) is 0 Å². The molecule has 1 aliphatic rings. The SMILES string of the molecule is CCN(C(=O)COC(=O)CNC(=O)c1ccc(C)c(C)c1)[C@@H]1CCS(=O)(=O)C1. The van der Waals surface area contributed by atoms with Gasteiger partial charge >= 0.3 is 5.97 Å². The molecule has 154 valence electrons. The van der Waals surface area contributed by atoms with Gasteiger partial charge in [-0.3, -0.25) is 14.4 Å². The first-order chi connectivity index (χ1) is 13.1. The Morgan fingerprint density at radius 1 is 1.21 bits per heavy atom. The van der Waals surface area contributed by atoms with Gasteiger partial charge in [-0.2, -0.15) is 0 Å². The van der Waals surface area contributed by atoms with Crippen molar-refractivity contribution in [1.82, 2.24) is 10.2 Å². The summed E-state index contributed by atoms with van der Waals surface area (Å²) in [7, 11) is -3.11. The summed E-state index contributed by atoms with van der Waals surface area (Å²) in [6.45, 7) is 5.06. The summed E-state index contributed by atoms with van der Waals surface area (Å²) in [6, 6.07) is 4.84. The van der Waals surface area contributed by atoms with Crippen LogP contribution < -0.4 is 5.32 Å². The van der Waals surface area contributed by atoms with E-state index in [1.54, 1.807) is 19.1 Å². The highest BCUT2D eigenvalue weighted by molar-refractivity contribution is 7.91. The van der Waals surface area contributed by atoms with Crippen molar-refractivity contribution in [3.05, 3.63) is 34.9 Å². The van der Waals surface area contributed by atoms with Gasteiger partial charge in [0, 0.05) is 18.2 Å². The fraction of sp³-hybridized carbons (Fsp3) is 0.526. The standard InChI is InChI=1S/C19H26N2O6S/c1-4-21(16-7-8-28(25,26)12-16)17(22)11-27-18(23)10-20-19(24)15-6-5-13(2)14(3)9-15/h5-6,9,16H,4,7-8,10-12H2,1-3H3,(H,20,24)/t16-/m1/s1. The highest BCUT2D eigenvalue weighted by atomic mass is 32.2. The van der Waals surface area contributed by atoms with Crippen LogP contribution in [0.2, 0.25) is 0 Å². The molecule has 2 amide bonds. The maximum absolute atomic E-state index is 12.3. The van der Waals surface area contributed by atoms with E-state index in [9.17, 15) is 22.8 Å². The van der Waals surface area contributed by atoms with Crippen LogP contribution in [0.1, 0.15) is 34.8 Å². The van der Waals surface area contributed by atoms with Crippen LogP contribution in [0.3, 0.4) is 0 Å². The molecule has 1 heterocycles. The van der Waals surface area contributed by atoms with E-state index in [-0.39, 0.29) is 24.1 Å². The molecule has 8 nitrogen and oxygen atoms in total. The predicted octanol–water partition coefficient (Wildman–Crippen LogP) is 0.612. The number of carbonyl (C=O) groups is 3. The molecule has 0 aliphatic carbocycles.